The number of aryl methyl sites for hydroxylation is 1. The Labute approximate surface area is 115 Å². The maximum absolute atomic E-state index is 11.7. The summed E-state index contributed by atoms with van der Waals surface area (Å²) >= 11 is 5.79. The number of carbonyl (C=O) groups excluding carboxylic acids is 1. The number of halogens is 1. The highest BCUT2D eigenvalue weighted by molar-refractivity contribution is 6.30. The highest BCUT2D eigenvalue weighted by Gasteiger charge is 2.18. The zero-order valence-electron chi connectivity index (χ0n) is 10.6. The van der Waals surface area contributed by atoms with Gasteiger partial charge in [0.05, 0.1) is 6.61 Å². The average molecular weight is 281 g/mol. The van der Waals surface area contributed by atoms with Crippen LogP contribution in [0.4, 0.5) is 0 Å². The third-order valence-electron chi connectivity index (χ3n) is 2.32. The van der Waals surface area contributed by atoms with Crippen molar-refractivity contribution in [1.82, 2.24) is 9.78 Å². The second kappa shape index (κ2) is 5.75. The molecule has 2 aromatic rings. The normalized spacial score (nSPS) is 10.3. The van der Waals surface area contributed by atoms with Crippen LogP contribution in [-0.4, -0.2) is 22.4 Å². The number of rotatable bonds is 4. The number of ether oxygens (including phenoxy) is 2. The van der Waals surface area contributed by atoms with Crippen LogP contribution in [0.5, 0.6) is 11.6 Å². The minimum absolute atomic E-state index is 0.211. The smallest absolute Gasteiger partial charge is 0.345 e. The number of nitrogens with zero attached hydrogens (tertiary/aromatic N) is 2. The summed E-state index contributed by atoms with van der Waals surface area (Å²) < 4.78 is 12.0. The van der Waals surface area contributed by atoms with Crippen LogP contribution >= 0.6 is 11.6 Å². The van der Waals surface area contributed by atoms with E-state index in [9.17, 15) is 4.79 Å². The molecule has 1 aromatic heterocycles. The maximum atomic E-state index is 11.7. The number of carbonyl (C=O) groups is 1. The fourth-order valence-electron chi connectivity index (χ4n) is 1.51. The Balaban J connectivity index is 2.24. The Morgan fingerprint density at radius 1 is 1.37 bits per heavy atom. The first-order valence-electron chi connectivity index (χ1n) is 5.74. The van der Waals surface area contributed by atoms with E-state index in [0.717, 1.165) is 0 Å². The van der Waals surface area contributed by atoms with E-state index in [-0.39, 0.29) is 5.88 Å². The molecule has 0 aliphatic rings. The minimum Gasteiger partial charge on any atom is -0.462 e. The largest absolute Gasteiger partial charge is 0.462 e. The molecule has 0 bridgehead atoms. The highest BCUT2D eigenvalue weighted by Crippen LogP contribution is 2.25. The Kier molecular flexibility index (Phi) is 4.06. The topological polar surface area (TPSA) is 53.4 Å². The Bertz CT molecular complexity index is 578. The van der Waals surface area contributed by atoms with E-state index >= 15 is 0 Å². The first-order valence-corrected chi connectivity index (χ1v) is 6.12. The summed E-state index contributed by atoms with van der Waals surface area (Å²) in [6.07, 6.45) is 1.56. The van der Waals surface area contributed by atoms with Gasteiger partial charge in [-0.1, -0.05) is 11.6 Å². The molecule has 0 saturated heterocycles. The van der Waals surface area contributed by atoms with Gasteiger partial charge in [0.1, 0.15) is 11.3 Å². The quantitative estimate of drug-likeness (QED) is 0.808. The Hall–Kier alpha value is -2.01. The molecule has 1 heterocycles. The molecule has 0 radical (unpaired) electrons. The van der Waals surface area contributed by atoms with E-state index in [1.807, 2.05) is 0 Å². The lowest BCUT2D eigenvalue weighted by molar-refractivity contribution is 0.0523. The van der Waals surface area contributed by atoms with Gasteiger partial charge in [-0.25, -0.2) is 4.79 Å². The number of hydrogen-bond donors (Lipinski definition) is 0. The van der Waals surface area contributed by atoms with Crippen LogP contribution in [0.25, 0.3) is 0 Å². The molecule has 0 saturated carbocycles. The summed E-state index contributed by atoms with van der Waals surface area (Å²) in [6.45, 7) is 2.04. The van der Waals surface area contributed by atoms with Gasteiger partial charge < -0.3 is 9.47 Å². The van der Waals surface area contributed by atoms with Crippen LogP contribution in [0, 0.1) is 0 Å². The third-order valence-corrected chi connectivity index (χ3v) is 2.57. The number of aromatic nitrogens is 2. The second-order valence-electron chi connectivity index (χ2n) is 3.80. The molecule has 0 aliphatic carbocycles. The lowest BCUT2D eigenvalue weighted by Gasteiger charge is -2.04. The molecule has 0 fully saturated rings. The second-order valence-corrected chi connectivity index (χ2v) is 4.23. The predicted octanol–water partition coefficient (Wildman–Crippen LogP) is 3.04. The fraction of sp³-hybridized carbons (Fsp3) is 0.231. The summed E-state index contributed by atoms with van der Waals surface area (Å²) in [5.74, 6) is 0.302. The van der Waals surface area contributed by atoms with E-state index in [0.29, 0.717) is 22.9 Å². The van der Waals surface area contributed by atoms with Crippen LogP contribution in [0.3, 0.4) is 0 Å². The summed E-state index contributed by atoms with van der Waals surface area (Å²) in [7, 11) is 1.71. The van der Waals surface area contributed by atoms with Crippen molar-refractivity contribution in [3.8, 4) is 11.6 Å². The van der Waals surface area contributed by atoms with Gasteiger partial charge in [-0.05, 0) is 31.2 Å². The van der Waals surface area contributed by atoms with Crippen LogP contribution in [-0.2, 0) is 11.8 Å². The van der Waals surface area contributed by atoms with E-state index in [4.69, 9.17) is 21.1 Å². The van der Waals surface area contributed by atoms with Gasteiger partial charge in [-0.3, -0.25) is 4.68 Å². The molecule has 5 nitrogen and oxygen atoms in total. The molecule has 0 aliphatic heterocycles. The van der Waals surface area contributed by atoms with Gasteiger partial charge in [0, 0.05) is 18.3 Å². The molecule has 1 aromatic carbocycles. The summed E-state index contributed by atoms with van der Waals surface area (Å²) in [4.78, 5) is 11.7. The Morgan fingerprint density at radius 2 is 2.05 bits per heavy atom. The van der Waals surface area contributed by atoms with Crippen molar-refractivity contribution in [1.29, 1.82) is 0 Å². The van der Waals surface area contributed by atoms with Gasteiger partial charge in [-0.2, -0.15) is 0 Å². The molecular weight excluding hydrogens is 268 g/mol. The van der Waals surface area contributed by atoms with Crippen LogP contribution in [0.15, 0.2) is 30.5 Å². The van der Waals surface area contributed by atoms with Gasteiger partial charge in [0.15, 0.2) is 0 Å². The molecule has 6 heteroatoms. The van der Waals surface area contributed by atoms with Crippen molar-refractivity contribution >= 4 is 17.6 Å². The lowest BCUT2D eigenvalue weighted by Crippen LogP contribution is -2.05. The number of benzene rings is 1. The van der Waals surface area contributed by atoms with Crippen LogP contribution < -0.4 is 4.74 Å². The number of esters is 1. The standard InChI is InChI=1S/C13H13ClN2O3/c1-3-18-13(17)11-8-16(2)15-12(11)19-10-6-4-9(14)5-7-10/h4-8H,3H2,1-2H3. The van der Waals surface area contributed by atoms with Crippen molar-refractivity contribution in [2.45, 2.75) is 6.92 Å². The van der Waals surface area contributed by atoms with Gasteiger partial charge in [-0.15, -0.1) is 5.10 Å². The van der Waals surface area contributed by atoms with Crippen molar-refractivity contribution in [3.05, 3.63) is 41.0 Å². The van der Waals surface area contributed by atoms with Crippen molar-refractivity contribution in [2.75, 3.05) is 6.61 Å². The SMILES string of the molecule is CCOC(=O)c1cn(C)nc1Oc1ccc(Cl)cc1. The molecule has 2 rings (SSSR count). The molecule has 0 spiro atoms. The molecule has 0 atom stereocenters. The molecule has 0 N–H and O–H groups in total. The summed E-state index contributed by atoms with van der Waals surface area (Å²) in [6, 6.07) is 6.80. The first kappa shape index (κ1) is 13.4. The minimum atomic E-state index is -0.459. The van der Waals surface area contributed by atoms with Gasteiger partial charge in [0.2, 0.25) is 0 Å². The highest BCUT2D eigenvalue weighted by atomic mass is 35.5. The maximum Gasteiger partial charge on any atom is 0.345 e. The van der Waals surface area contributed by atoms with Gasteiger partial charge >= 0.3 is 5.97 Å². The van der Waals surface area contributed by atoms with Crippen molar-refractivity contribution < 1.29 is 14.3 Å². The number of hydrogen-bond acceptors (Lipinski definition) is 4. The first-order chi connectivity index (χ1) is 9.10. The van der Waals surface area contributed by atoms with E-state index in [1.54, 1.807) is 44.4 Å². The Morgan fingerprint density at radius 3 is 2.68 bits per heavy atom. The molecule has 0 unspecified atom stereocenters. The van der Waals surface area contributed by atoms with E-state index in [1.165, 1.54) is 4.68 Å². The third kappa shape index (κ3) is 3.26. The summed E-state index contributed by atoms with van der Waals surface area (Å²) in [5, 5.41) is 4.70. The van der Waals surface area contributed by atoms with E-state index in [2.05, 4.69) is 5.10 Å². The monoisotopic (exact) mass is 280 g/mol. The average Bonchev–Trinajstić information content (AvgIpc) is 2.74. The van der Waals surface area contributed by atoms with Gasteiger partial charge in [0.25, 0.3) is 5.88 Å². The van der Waals surface area contributed by atoms with Crippen LogP contribution in [0.1, 0.15) is 17.3 Å². The predicted molar refractivity (Wildman–Crippen MR) is 70.7 cm³/mol. The summed E-state index contributed by atoms with van der Waals surface area (Å²) in [5.41, 5.74) is 0.291. The molecule has 19 heavy (non-hydrogen) atoms. The van der Waals surface area contributed by atoms with Crippen molar-refractivity contribution in [2.24, 2.45) is 7.05 Å². The fourth-order valence-corrected chi connectivity index (χ4v) is 1.63. The molecular formula is C13H13ClN2O3. The molecule has 0 amide bonds. The van der Waals surface area contributed by atoms with Crippen LogP contribution in [0.2, 0.25) is 5.02 Å². The van der Waals surface area contributed by atoms with Crippen molar-refractivity contribution in [3.63, 3.8) is 0 Å². The zero-order valence-corrected chi connectivity index (χ0v) is 11.3. The molecule has 100 valence electrons. The zero-order chi connectivity index (χ0) is 13.8. The lowest BCUT2D eigenvalue weighted by atomic mass is 10.3. The van der Waals surface area contributed by atoms with E-state index < -0.39 is 5.97 Å².